The van der Waals surface area contributed by atoms with Gasteiger partial charge in [-0.3, -0.25) is 4.90 Å². The Bertz CT molecular complexity index is 753. The maximum atomic E-state index is 12.6. The van der Waals surface area contributed by atoms with Gasteiger partial charge in [0.25, 0.3) is 0 Å². The van der Waals surface area contributed by atoms with Crippen molar-refractivity contribution in [1.29, 1.82) is 0 Å². The van der Waals surface area contributed by atoms with Crippen molar-refractivity contribution in [2.24, 2.45) is 0 Å². The Hall–Kier alpha value is -2.53. The zero-order chi connectivity index (χ0) is 18.5. The molecule has 142 valence electrons. The van der Waals surface area contributed by atoms with Crippen LogP contribution in [0, 0.1) is 0 Å². The summed E-state index contributed by atoms with van der Waals surface area (Å²) in [5.41, 5.74) is 1.82. The Morgan fingerprint density at radius 2 is 1.67 bits per heavy atom. The molecule has 0 spiro atoms. The third-order valence-electron chi connectivity index (χ3n) is 5.42. The number of benzene rings is 2. The maximum Gasteiger partial charge on any atom is 0.322 e. The van der Waals surface area contributed by atoms with Crippen LogP contribution in [0.3, 0.4) is 0 Å². The quantitative estimate of drug-likeness (QED) is 0.872. The van der Waals surface area contributed by atoms with E-state index in [1.54, 1.807) is 0 Å². The molecule has 0 atom stereocenters. The minimum Gasteiger partial charge on any atom is -0.487 e. The summed E-state index contributed by atoms with van der Waals surface area (Å²) < 4.78 is 5.93. The van der Waals surface area contributed by atoms with Crippen LogP contribution in [-0.4, -0.2) is 48.1 Å². The molecule has 2 fully saturated rings. The highest BCUT2D eigenvalue weighted by atomic mass is 16.5. The summed E-state index contributed by atoms with van der Waals surface area (Å²) in [4.78, 5) is 17.0. The van der Waals surface area contributed by atoms with Crippen LogP contribution in [-0.2, 0) is 6.61 Å². The molecular weight excluding hydrogens is 338 g/mol. The fourth-order valence-electron chi connectivity index (χ4n) is 3.76. The van der Waals surface area contributed by atoms with Crippen molar-refractivity contribution in [1.82, 2.24) is 9.80 Å². The van der Waals surface area contributed by atoms with Gasteiger partial charge in [0.1, 0.15) is 12.4 Å². The fraction of sp³-hybridized carbons (Fsp3) is 0.409. The first-order chi connectivity index (χ1) is 13.3. The maximum absolute atomic E-state index is 12.6. The average Bonchev–Trinajstić information content (AvgIpc) is 2.68. The van der Waals surface area contributed by atoms with Crippen LogP contribution in [0.25, 0.3) is 0 Å². The smallest absolute Gasteiger partial charge is 0.322 e. The van der Waals surface area contributed by atoms with Gasteiger partial charge in [-0.05, 0) is 43.6 Å². The number of hydrogen-bond acceptors (Lipinski definition) is 3. The molecule has 1 N–H and O–H groups in total. The van der Waals surface area contributed by atoms with Crippen LogP contribution >= 0.6 is 0 Å². The molecule has 0 unspecified atom stereocenters. The van der Waals surface area contributed by atoms with Crippen molar-refractivity contribution in [3.05, 3.63) is 60.2 Å². The fourth-order valence-corrected chi connectivity index (χ4v) is 3.76. The lowest BCUT2D eigenvalue weighted by molar-refractivity contribution is 0.0493. The SMILES string of the molecule is O=C(Nc1ccccc1OCc1ccccc1)N1CC(N2CCCCC2)C1. The minimum absolute atomic E-state index is 0.0426. The van der Waals surface area contributed by atoms with E-state index in [0.717, 1.165) is 24.3 Å². The van der Waals surface area contributed by atoms with Gasteiger partial charge < -0.3 is 15.0 Å². The number of nitrogens with zero attached hydrogens (tertiary/aromatic N) is 2. The lowest BCUT2D eigenvalue weighted by atomic mass is 10.0. The van der Waals surface area contributed by atoms with Gasteiger partial charge in [0.2, 0.25) is 0 Å². The largest absolute Gasteiger partial charge is 0.487 e. The molecule has 0 radical (unpaired) electrons. The van der Waals surface area contributed by atoms with Crippen molar-refractivity contribution in [3.8, 4) is 5.75 Å². The monoisotopic (exact) mass is 365 g/mol. The highest BCUT2D eigenvalue weighted by Gasteiger charge is 2.35. The van der Waals surface area contributed by atoms with Crippen LogP contribution < -0.4 is 10.1 Å². The Kier molecular flexibility index (Phi) is 5.58. The predicted octanol–water partition coefficient (Wildman–Crippen LogP) is 3.97. The highest BCUT2D eigenvalue weighted by molar-refractivity contribution is 5.91. The zero-order valence-electron chi connectivity index (χ0n) is 15.6. The van der Waals surface area contributed by atoms with E-state index in [2.05, 4.69) is 10.2 Å². The molecule has 2 saturated heterocycles. The molecule has 2 aromatic rings. The first-order valence-electron chi connectivity index (χ1n) is 9.85. The highest BCUT2D eigenvalue weighted by Crippen LogP contribution is 2.26. The number of anilines is 1. The van der Waals surface area contributed by atoms with Crippen molar-refractivity contribution in [2.75, 3.05) is 31.5 Å². The number of para-hydroxylation sites is 2. The number of ether oxygens (including phenoxy) is 1. The van der Waals surface area contributed by atoms with Gasteiger partial charge in [0.05, 0.1) is 5.69 Å². The first-order valence-corrected chi connectivity index (χ1v) is 9.85. The molecule has 0 bridgehead atoms. The van der Waals surface area contributed by atoms with Crippen LogP contribution in [0.5, 0.6) is 5.75 Å². The second-order valence-corrected chi connectivity index (χ2v) is 7.36. The molecule has 0 aromatic heterocycles. The van der Waals surface area contributed by atoms with Crippen molar-refractivity contribution in [2.45, 2.75) is 31.9 Å². The standard InChI is InChI=1S/C22H27N3O2/c26-22(25-15-19(16-25)24-13-7-2-8-14-24)23-20-11-5-6-12-21(20)27-17-18-9-3-1-4-10-18/h1,3-6,9-12,19H,2,7-8,13-17H2,(H,23,26). The van der Waals surface area contributed by atoms with Gasteiger partial charge in [0.15, 0.2) is 0 Å². The number of rotatable bonds is 5. The van der Waals surface area contributed by atoms with Crippen molar-refractivity contribution >= 4 is 11.7 Å². The molecule has 2 amide bonds. The molecular formula is C22H27N3O2. The molecule has 2 aliphatic rings. The van der Waals surface area contributed by atoms with E-state index in [0.29, 0.717) is 18.4 Å². The number of likely N-dealkylation sites (tertiary alicyclic amines) is 2. The Labute approximate surface area is 160 Å². The summed E-state index contributed by atoms with van der Waals surface area (Å²) in [7, 11) is 0. The van der Waals surface area contributed by atoms with Crippen LogP contribution in [0.4, 0.5) is 10.5 Å². The van der Waals surface area contributed by atoms with E-state index in [1.807, 2.05) is 59.5 Å². The molecule has 2 heterocycles. The third kappa shape index (κ3) is 4.42. The van der Waals surface area contributed by atoms with Crippen LogP contribution in [0.1, 0.15) is 24.8 Å². The lowest BCUT2D eigenvalue weighted by Crippen LogP contribution is -2.62. The number of urea groups is 1. The number of carbonyl (C=O) groups is 1. The van der Waals surface area contributed by atoms with E-state index >= 15 is 0 Å². The molecule has 5 nitrogen and oxygen atoms in total. The van der Waals surface area contributed by atoms with Crippen LogP contribution in [0.15, 0.2) is 54.6 Å². The van der Waals surface area contributed by atoms with Gasteiger partial charge >= 0.3 is 6.03 Å². The molecule has 4 rings (SSSR count). The lowest BCUT2D eigenvalue weighted by Gasteiger charge is -2.46. The van der Waals surface area contributed by atoms with Crippen molar-refractivity contribution in [3.63, 3.8) is 0 Å². The van der Waals surface area contributed by atoms with E-state index in [1.165, 1.54) is 32.4 Å². The molecule has 0 aliphatic carbocycles. The second-order valence-electron chi connectivity index (χ2n) is 7.36. The van der Waals surface area contributed by atoms with Crippen LogP contribution in [0.2, 0.25) is 0 Å². The normalized spacial score (nSPS) is 18.0. The Morgan fingerprint density at radius 3 is 2.44 bits per heavy atom. The third-order valence-corrected chi connectivity index (χ3v) is 5.42. The summed E-state index contributed by atoms with van der Waals surface area (Å²) in [6.45, 7) is 4.47. The van der Waals surface area contributed by atoms with Gasteiger partial charge in [-0.25, -0.2) is 4.79 Å². The van der Waals surface area contributed by atoms with E-state index in [9.17, 15) is 4.79 Å². The summed E-state index contributed by atoms with van der Waals surface area (Å²) >= 11 is 0. The van der Waals surface area contributed by atoms with E-state index < -0.39 is 0 Å². The second kappa shape index (κ2) is 8.44. The molecule has 2 aliphatic heterocycles. The van der Waals surface area contributed by atoms with Crippen molar-refractivity contribution < 1.29 is 9.53 Å². The summed E-state index contributed by atoms with van der Waals surface area (Å²) in [6, 6.07) is 18.1. The summed E-state index contributed by atoms with van der Waals surface area (Å²) in [6.07, 6.45) is 3.91. The number of amides is 2. The summed E-state index contributed by atoms with van der Waals surface area (Å²) in [5.74, 6) is 0.697. The molecule has 0 saturated carbocycles. The molecule has 27 heavy (non-hydrogen) atoms. The Balaban J connectivity index is 1.31. The minimum atomic E-state index is -0.0426. The van der Waals surface area contributed by atoms with Gasteiger partial charge in [-0.15, -0.1) is 0 Å². The summed E-state index contributed by atoms with van der Waals surface area (Å²) in [5, 5.41) is 3.02. The van der Waals surface area contributed by atoms with Gasteiger partial charge in [-0.1, -0.05) is 48.9 Å². The number of piperidine rings is 1. The average molecular weight is 365 g/mol. The number of hydrogen-bond donors (Lipinski definition) is 1. The van der Waals surface area contributed by atoms with Gasteiger partial charge in [0, 0.05) is 19.1 Å². The molecule has 5 heteroatoms. The van der Waals surface area contributed by atoms with E-state index in [-0.39, 0.29) is 6.03 Å². The predicted molar refractivity (Wildman–Crippen MR) is 107 cm³/mol. The molecule has 2 aromatic carbocycles. The topological polar surface area (TPSA) is 44.8 Å². The number of carbonyl (C=O) groups excluding carboxylic acids is 1. The van der Waals surface area contributed by atoms with E-state index in [4.69, 9.17) is 4.74 Å². The Morgan fingerprint density at radius 1 is 0.963 bits per heavy atom. The van der Waals surface area contributed by atoms with Gasteiger partial charge in [-0.2, -0.15) is 0 Å². The first kappa shape index (κ1) is 17.9. The number of nitrogens with one attached hydrogen (secondary N) is 1. The zero-order valence-corrected chi connectivity index (χ0v) is 15.6.